The molecular formula is C14H11BrClNO4S. The number of aryl methyl sites for hydroxylation is 1. The number of carboxylic acids is 1. The molecule has 0 aliphatic heterocycles. The lowest BCUT2D eigenvalue weighted by atomic mass is 10.2. The van der Waals surface area contributed by atoms with Gasteiger partial charge in [0.05, 0.1) is 15.6 Å². The largest absolute Gasteiger partial charge is 0.478 e. The summed E-state index contributed by atoms with van der Waals surface area (Å²) in [4.78, 5) is 11.4. The van der Waals surface area contributed by atoms with Gasteiger partial charge in [-0.3, -0.25) is 4.72 Å². The van der Waals surface area contributed by atoms with Crippen LogP contribution < -0.4 is 4.72 Å². The molecule has 0 atom stereocenters. The minimum absolute atomic E-state index is 0.0356. The fraction of sp³-hybridized carbons (Fsp3) is 0.0714. The molecule has 2 aromatic carbocycles. The van der Waals surface area contributed by atoms with E-state index in [2.05, 4.69) is 20.7 Å². The summed E-state index contributed by atoms with van der Waals surface area (Å²) < 4.78 is 27.3. The fourth-order valence-electron chi connectivity index (χ4n) is 1.77. The average Bonchev–Trinajstić information content (AvgIpc) is 2.43. The number of aromatic carboxylic acids is 1. The quantitative estimate of drug-likeness (QED) is 0.809. The van der Waals surface area contributed by atoms with Crippen LogP contribution in [0, 0.1) is 6.92 Å². The summed E-state index contributed by atoms with van der Waals surface area (Å²) in [6.45, 7) is 1.83. The van der Waals surface area contributed by atoms with Crippen molar-refractivity contribution in [3.63, 3.8) is 0 Å². The number of hydrogen-bond acceptors (Lipinski definition) is 3. The van der Waals surface area contributed by atoms with Crippen molar-refractivity contribution in [3.05, 3.63) is 57.0 Å². The van der Waals surface area contributed by atoms with Gasteiger partial charge in [-0.05, 0) is 47.1 Å². The third-order valence-electron chi connectivity index (χ3n) is 2.88. The van der Waals surface area contributed by atoms with Crippen LogP contribution in [0.5, 0.6) is 0 Å². The summed E-state index contributed by atoms with van der Waals surface area (Å²) in [6.07, 6.45) is 0. The molecule has 2 N–H and O–H groups in total. The predicted octanol–water partition coefficient (Wildman–Crippen LogP) is 3.91. The van der Waals surface area contributed by atoms with Crippen molar-refractivity contribution in [2.45, 2.75) is 11.8 Å². The van der Waals surface area contributed by atoms with Gasteiger partial charge < -0.3 is 5.11 Å². The van der Waals surface area contributed by atoms with Gasteiger partial charge in [0.25, 0.3) is 10.0 Å². The predicted molar refractivity (Wildman–Crippen MR) is 88.1 cm³/mol. The first-order valence-electron chi connectivity index (χ1n) is 6.03. The fourth-order valence-corrected chi connectivity index (χ4v) is 3.41. The number of hydrogen-bond donors (Lipinski definition) is 2. The van der Waals surface area contributed by atoms with Crippen LogP contribution in [0.3, 0.4) is 0 Å². The summed E-state index contributed by atoms with van der Waals surface area (Å²) >= 11 is 9.04. The van der Waals surface area contributed by atoms with Crippen LogP contribution in [0.4, 0.5) is 5.69 Å². The van der Waals surface area contributed by atoms with Gasteiger partial charge in [-0.1, -0.05) is 29.3 Å². The molecule has 0 amide bonds. The van der Waals surface area contributed by atoms with Crippen LogP contribution in [0.2, 0.25) is 5.02 Å². The van der Waals surface area contributed by atoms with Gasteiger partial charge in [0.1, 0.15) is 5.56 Å². The van der Waals surface area contributed by atoms with E-state index in [0.717, 1.165) is 5.56 Å². The molecule has 0 aliphatic rings. The molecule has 0 aliphatic carbocycles. The first-order chi connectivity index (χ1) is 10.2. The van der Waals surface area contributed by atoms with Crippen molar-refractivity contribution in [2.75, 3.05) is 4.72 Å². The smallest absolute Gasteiger partial charge is 0.339 e. The molecule has 22 heavy (non-hydrogen) atoms. The van der Waals surface area contributed by atoms with Crippen molar-refractivity contribution in [2.24, 2.45) is 0 Å². The molecule has 0 unspecified atom stereocenters. The standard InChI is InChI=1S/C14H11BrClNO4S/c1-8-2-4-9(5-3-8)22(20,21)17-11-7-6-10(15)13(16)12(11)14(18)19/h2-7,17H,1H3,(H,18,19). The van der Waals surface area contributed by atoms with Crippen molar-refractivity contribution < 1.29 is 18.3 Å². The van der Waals surface area contributed by atoms with Gasteiger partial charge >= 0.3 is 5.97 Å². The third-order valence-corrected chi connectivity index (χ3v) is 5.55. The van der Waals surface area contributed by atoms with E-state index in [4.69, 9.17) is 11.6 Å². The molecule has 2 rings (SSSR count). The zero-order chi connectivity index (χ0) is 16.5. The maximum absolute atomic E-state index is 12.3. The van der Waals surface area contributed by atoms with Crippen LogP contribution in [0.25, 0.3) is 0 Å². The Morgan fingerprint density at radius 1 is 1.18 bits per heavy atom. The Hall–Kier alpha value is -1.57. The molecule has 0 heterocycles. The highest BCUT2D eigenvalue weighted by Gasteiger charge is 2.22. The Morgan fingerprint density at radius 3 is 2.32 bits per heavy atom. The van der Waals surface area contributed by atoms with E-state index in [1.54, 1.807) is 12.1 Å². The molecule has 0 fully saturated rings. The molecule has 0 saturated heterocycles. The summed E-state index contributed by atoms with van der Waals surface area (Å²) in [7, 11) is -3.90. The Bertz CT molecular complexity index is 835. The topological polar surface area (TPSA) is 83.5 Å². The van der Waals surface area contributed by atoms with Crippen molar-refractivity contribution in [3.8, 4) is 0 Å². The molecule has 116 valence electrons. The molecule has 8 heteroatoms. The highest BCUT2D eigenvalue weighted by Crippen LogP contribution is 2.33. The van der Waals surface area contributed by atoms with Crippen LogP contribution >= 0.6 is 27.5 Å². The minimum atomic E-state index is -3.90. The SMILES string of the molecule is Cc1ccc(S(=O)(=O)Nc2ccc(Br)c(Cl)c2C(=O)O)cc1. The van der Waals surface area contributed by atoms with Gasteiger partial charge in [0, 0.05) is 4.47 Å². The molecule has 5 nitrogen and oxygen atoms in total. The second-order valence-corrected chi connectivity index (χ2v) is 7.42. The van der Waals surface area contributed by atoms with Crippen LogP contribution in [0.1, 0.15) is 15.9 Å². The van der Waals surface area contributed by atoms with E-state index in [0.29, 0.717) is 4.47 Å². The lowest BCUT2D eigenvalue weighted by molar-refractivity contribution is 0.0698. The minimum Gasteiger partial charge on any atom is -0.478 e. The summed E-state index contributed by atoms with van der Waals surface area (Å²) in [5.74, 6) is -1.33. The second-order valence-electron chi connectivity index (χ2n) is 4.51. The van der Waals surface area contributed by atoms with E-state index >= 15 is 0 Å². The molecular weight excluding hydrogens is 394 g/mol. The van der Waals surface area contributed by atoms with Gasteiger partial charge in [-0.15, -0.1) is 0 Å². The third kappa shape index (κ3) is 3.43. The summed E-state index contributed by atoms with van der Waals surface area (Å²) in [5, 5.41) is 9.16. The zero-order valence-electron chi connectivity index (χ0n) is 11.3. The lowest BCUT2D eigenvalue weighted by Crippen LogP contribution is -2.16. The Morgan fingerprint density at radius 2 is 1.77 bits per heavy atom. The highest BCUT2D eigenvalue weighted by atomic mass is 79.9. The van der Waals surface area contributed by atoms with Gasteiger partial charge in [0.2, 0.25) is 0 Å². The van der Waals surface area contributed by atoms with Crippen molar-refractivity contribution in [1.29, 1.82) is 0 Å². The number of nitrogens with one attached hydrogen (secondary N) is 1. The van der Waals surface area contributed by atoms with Crippen molar-refractivity contribution in [1.82, 2.24) is 0 Å². The second kappa shape index (κ2) is 6.28. The lowest BCUT2D eigenvalue weighted by Gasteiger charge is -2.12. The molecule has 0 radical (unpaired) electrons. The number of anilines is 1. The first kappa shape index (κ1) is 16.8. The van der Waals surface area contributed by atoms with E-state index < -0.39 is 16.0 Å². The number of rotatable bonds is 4. The first-order valence-corrected chi connectivity index (χ1v) is 8.68. The van der Waals surface area contributed by atoms with Crippen molar-refractivity contribution >= 4 is 49.2 Å². The zero-order valence-corrected chi connectivity index (χ0v) is 14.5. The Balaban J connectivity index is 2.48. The maximum Gasteiger partial charge on any atom is 0.339 e. The van der Waals surface area contributed by atoms with E-state index in [1.165, 1.54) is 24.3 Å². The molecule has 0 bridgehead atoms. The monoisotopic (exact) mass is 403 g/mol. The normalized spacial score (nSPS) is 11.2. The van der Waals surface area contributed by atoms with E-state index in [-0.39, 0.29) is 21.2 Å². The average molecular weight is 405 g/mol. The molecule has 2 aromatic rings. The highest BCUT2D eigenvalue weighted by molar-refractivity contribution is 9.10. The molecule has 0 saturated carbocycles. The van der Waals surface area contributed by atoms with Gasteiger partial charge in [-0.2, -0.15) is 0 Å². The Labute approximate surface area is 141 Å². The van der Waals surface area contributed by atoms with Gasteiger partial charge in [-0.25, -0.2) is 13.2 Å². The number of halogens is 2. The molecule has 0 aromatic heterocycles. The number of carbonyl (C=O) groups is 1. The number of benzene rings is 2. The molecule has 0 spiro atoms. The summed E-state index contributed by atoms with van der Waals surface area (Å²) in [5.41, 5.74) is 0.505. The van der Waals surface area contributed by atoms with Gasteiger partial charge in [0.15, 0.2) is 0 Å². The Kier molecular flexibility index (Phi) is 4.79. The maximum atomic E-state index is 12.3. The van der Waals surface area contributed by atoms with E-state index in [1.807, 2.05) is 6.92 Å². The number of carboxylic acid groups (broad SMARTS) is 1. The van der Waals surface area contributed by atoms with Crippen LogP contribution in [0.15, 0.2) is 45.8 Å². The van der Waals surface area contributed by atoms with Crippen LogP contribution in [-0.4, -0.2) is 19.5 Å². The van der Waals surface area contributed by atoms with Crippen LogP contribution in [-0.2, 0) is 10.0 Å². The number of sulfonamides is 1. The summed E-state index contributed by atoms with van der Waals surface area (Å²) in [6, 6.07) is 9.01. The van der Waals surface area contributed by atoms with E-state index in [9.17, 15) is 18.3 Å².